The number of aliphatic carboxylic acids is 1. The van der Waals surface area contributed by atoms with E-state index in [2.05, 4.69) is 0 Å². The monoisotopic (exact) mass is 281 g/mol. The molecular formula is C9H12FNO6S. The van der Waals surface area contributed by atoms with Crippen molar-refractivity contribution >= 4 is 22.4 Å². The van der Waals surface area contributed by atoms with Crippen LogP contribution >= 0.6 is 0 Å². The maximum Gasteiger partial charge on any atom is 0.435 e. The van der Waals surface area contributed by atoms with E-state index in [-0.39, 0.29) is 23.6 Å². The minimum Gasteiger partial charge on any atom is -0.477 e. The Labute approximate surface area is 103 Å². The summed E-state index contributed by atoms with van der Waals surface area (Å²) in [5.41, 5.74) is 0.174. The molecule has 18 heavy (non-hydrogen) atoms. The number of carbonyl (C=O) groups is 2. The van der Waals surface area contributed by atoms with Gasteiger partial charge in [0.1, 0.15) is 5.70 Å². The molecule has 7 nitrogen and oxygen atoms in total. The maximum absolute atomic E-state index is 11.1. The number of nitrogens with zero attached hydrogens (tertiary/aromatic N) is 1. The summed E-state index contributed by atoms with van der Waals surface area (Å²) in [4.78, 5) is 23.3. The van der Waals surface area contributed by atoms with Gasteiger partial charge in [-0.05, 0) is 12.5 Å². The molecule has 9 heteroatoms. The zero-order valence-electron chi connectivity index (χ0n) is 9.41. The molecule has 1 fully saturated rings. The zero-order chi connectivity index (χ0) is 14.1. The fourth-order valence-electron chi connectivity index (χ4n) is 2.06. The van der Waals surface area contributed by atoms with E-state index < -0.39 is 16.5 Å². The summed E-state index contributed by atoms with van der Waals surface area (Å²) in [6.07, 6.45) is 3.11. The van der Waals surface area contributed by atoms with E-state index >= 15 is 0 Å². The van der Waals surface area contributed by atoms with Crippen molar-refractivity contribution in [2.24, 2.45) is 5.92 Å². The molecule has 2 N–H and O–H groups in total. The predicted octanol–water partition coefficient (Wildman–Crippen LogP) is 0.354. The predicted molar refractivity (Wildman–Crippen MR) is 57.4 cm³/mol. The van der Waals surface area contributed by atoms with E-state index in [4.69, 9.17) is 18.1 Å². The molecule has 0 aromatic carbocycles. The first-order valence-corrected chi connectivity index (χ1v) is 6.43. The van der Waals surface area contributed by atoms with Gasteiger partial charge in [-0.2, -0.15) is 8.42 Å². The van der Waals surface area contributed by atoms with Gasteiger partial charge < -0.3 is 10.0 Å². The molecule has 2 atom stereocenters. The largest absolute Gasteiger partial charge is 0.477 e. The Morgan fingerprint density at radius 2 is 2.11 bits per heavy atom. The molecule has 2 aliphatic heterocycles. The van der Waals surface area contributed by atoms with Crippen LogP contribution in [0, 0.1) is 5.92 Å². The first-order chi connectivity index (χ1) is 8.15. The molecule has 0 bridgehead atoms. The highest BCUT2D eigenvalue weighted by atomic mass is 32.3. The molecule has 0 aliphatic carbocycles. The molecule has 102 valence electrons. The third-order valence-electron chi connectivity index (χ3n) is 2.80. The summed E-state index contributed by atoms with van der Waals surface area (Å²) in [5.74, 6) is -0.813. The number of halogens is 1. The van der Waals surface area contributed by atoms with Crippen molar-refractivity contribution in [1.29, 1.82) is 0 Å². The number of carboxylic acid groups (broad SMARTS) is 1. The quantitative estimate of drug-likeness (QED) is 0.429. The van der Waals surface area contributed by atoms with Crippen molar-refractivity contribution in [2.75, 3.05) is 0 Å². The molecule has 0 saturated carbocycles. The first kappa shape index (κ1) is 14.6. The fraction of sp³-hybridized carbons (Fsp3) is 0.556. The lowest BCUT2D eigenvalue weighted by Crippen LogP contribution is -2.52. The number of β-lactam (4-membered cyclic amide) rings is 1. The van der Waals surface area contributed by atoms with E-state index in [0.717, 1.165) is 6.42 Å². The molecule has 2 heterocycles. The van der Waals surface area contributed by atoms with Crippen molar-refractivity contribution in [3.8, 4) is 0 Å². The molecule has 1 saturated heterocycles. The Balaban J connectivity index is 0.000000280. The maximum atomic E-state index is 11.1. The summed E-state index contributed by atoms with van der Waals surface area (Å²) in [5, 5.41) is 8.80. The summed E-state index contributed by atoms with van der Waals surface area (Å²) >= 11 is 0. The fourth-order valence-corrected chi connectivity index (χ4v) is 2.06. The molecule has 0 aromatic heterocycles. The molecule has 0 spiro atoms. The molecule has 2 aliphatic rings. The minimum atomic E-state index is -5.17. The van der Waals surface area contributed by atoms with Gasteiger partial charge in [-0.1, -0.05) is 10.8 Å². The van der Waals surface area contributed by atoms with Crippen molar-refractivity contribution < 1.29 is 31.6 Å². The molecule has 1 unspecified atom stereocenters. The SMILES string of the molecule is CCC1C=C(C(=O)O)N2C(=O)C[C@@H]12.O=S(=O)(O)F. The number of amides is 1. The van der Waals surface area contributed by atoms with Crippen LogP contribution in [0.2, 0.25) is 0 Å². The normalized spacial score (nSPS) is 25.6. The minimum absolute atomic E-state index is 0.0606. The van der Waals surface area contributed by atoms with E-state index in [9.17, 15) is 13.5 Å². The summed E-state index contributed by atoms with van der Waals surface area (Å²) in [6, 6.07) is 0.128. The molecule has 0 aromatic rings. The van der Waals surface area contributed by atoms with Gasteiger partial charge in [-0.25, -0.2) is 4.79 Å². The second-order valence-corrected chi connectivity index (χ2v) is 4.70. The van der Waals surface area contributed by atoms with Crippen LogP contribution in [0.3, 0.4) is 0 Å². The van der Waals surface area contributed by atoms with Crippen molar-refractivity contribution in [3.05, 3.63) is 11.8 Å². The van der Waals surface area contributed by atoms with Crippen molar-refractivity contribution in [3.63, 3.8) is 0 Å². The van der Waals surface area contributed by atoms with E-state index in [1.165, 1.54) is 4.90 Å². The summed E-state index contributed by atoms with van der Waals surface area (Å²) < 4.78 is 34.1. The number of carboxylic acids is 1. The Bertz CT molecular complexity index is 491. The average molecular weight is 281 g/mol. The van der Waals surface area contributed by atoms with Gasteiger partial charge in [0.2, 0.25) is 5.91 Å². The van der Waals surface area contributed by atoms with Gasteiger partial charge in [-0.15, -0.1) is 0 Å². The number of hydrogen-bond acceptors (Lipinski definition) is 4. The molecule has 0 radical (unpaired) electrons. The van der Waals surface area contributed by atoms with E-state index in [0.29, 0.717) is 6.42 Å². The standard InChI is InChI=1S/C9H11NO3.FHO3S/c1-2-5-3-7(9(12)13)10-6(5)4-8(10)11;1-5(2,3)4/h3,5-6H,2,4H2,1H3,(H,12,13);(H,2,3,4)/t5?,6-;/m0./s1. The second kappa shape index (κ2) is 5.02. The highest BCUT2D eigenvalue weighted by Crippen LogP contribution is 2.39. The van der Waals surface area contributed by atoms with Crippen molar-refractivity contribution in [2.45, 2.75) is 25.8 Å². The third kappa shape index (κ3) is 3.26. The third-order valence-corrected chi connectivity index (χ3v) is 2.80. The average Bonchev–Trinajstić information content (AvgIpc) is 2.48. The number of hydrogen-bond donors (Lipinski definition) is 2. The first-order valence-electron chi connectivity index (χ1n) is 5.09. The van der Waals surface area contributed by atoms with Gasteiger partial charge in [0.25, 0.3) is 0 Å². The molecule has 2 rings (SSSR count). The summed E-state index contributed by atoms with van der Waals surface area (Å²) in [7, 11) is -5.17. The Morgan fingerprint density at radius 3 is 2.39 bits per heavy atom. The molecule has 1 amide bonds. The lowest BCUT2D eigenvalue weighted by molar-refractivity contribution is -0.148. The Morgan fingerprint density at radius 1 is 1.61 bits per heavy atom. The highest BCUT2D eigenvalue weighted by molar-refractivity contribution is 7.80. The van der Waals surface area contributed by atoms with Gasteiger partial charge in [0, 0.05) is 12.3 Å². The van der Waals surface area contributed by atoms with Crippen molar-refractivity contribution in [1.82, 2.24) is 4.90 Å². The number of carbonyl (C=O) groups excluding carboxylic acids is 1. The Kier molecular flexibility index (Phi) is 4.07. The van der Waals surface area contributed by atoms with Gasteiger partial charge in [0.05, 0.1) is 6.04 Å². The lowest BCUT2D eigenvalue weighted by Gasteiger charge is -2.38. The van der Waals surface area contributed by atoms with Crippen LogP contribution in [0.15, 0.2) is 11.8 Å². The van der Waals surface area contributed by atoms with Crippen LogP contribution in [0.1, 0.15) is 19.8 Å². The zero-order valence-corrected chi connectivity index (χ0v) is 10.2. The second-order valence-electron chi connectivity index (χ2n) is 3.88. The molecular weight excluding hydrogens is 269 g/mol. The van der Waals surface area contributed by atoms with Gasteiger partial charge in [0.15, 0.2) is 0 Å². The smallest absolute Gasteiger partial charge is 0.435 e. The summed E-state index contributed by atoms with van der Waals surface area (Å²) in [6.45, 7) is 2.01. The van der Waals surface area contributed by atoms with Gasteiger partial charge >= 0.3 is 16.5 Å². The number of rotatable bonds is 2. The van der Waals surface area contributed by atoms with Crippen LogP contribution in [-0.2, 0) is 20.1 Å². The van der Waals surface area contributed by atoms with Crippen LogP contribution in [0.5, 0.6) is 0 Å². The van der Waals surface area contributed by atoms with Crippen LogP contribution in [0.25, 0.3) is 0 Å². The number of fused-ring (bicyclic) bond motifs is 1. The van der Waals surface area contributed by atoms with Crippen LogP contribution in [-0.4, -0.2) is 40.9 Å². The van der Waals surface area contributed by atoms with E-state index in [1.807, 2.05) is 6.92 Å². The van der Waals surface area contributed by atoms with E-state index in [1.54, 1.807) is 6.08 Å². The van der Waals surface area contributed by atoms with Gasteiger partial charge in [-0.3, -0.25) is 9.35 Å². The van der Waals surface area contributed by atoms with Crippen LogP contribution in [0.4, 0.5) is 3.89 Å². The lowest BCUT2D eigenvalue weighted by atomic mass is 9.91. The topological polar surface area (TPSA) is 112 Å². The van der Waals surface area contributed by atoms with Crippen LogP contribution < -0.4 is 0 Å². The highest BCUT2D eigenvalue weighted by Gasteiger charge is 2.48. The Hall–Kier alpha value is -1.48.